The number of anilines is 1. The number of alkyl halides is 3. The molecule has 0 bridgehead atoms. The van der Waals surface area contributed by atoms with Crippen LogP contribution >= 0.6 is 22.9 Å². The van der Waals surface area contributed by atoms with Crippen molar-refractivity contribution in [2.75, 3.05) is 4.72 Å². The number of nitrogens with zero attached hydrogens (tertiary/aromatic N) is 1. The molecule has 0 spiro atoms. The van der Waals surface area contributed by atoms with Crippen LogP contribution in [0.1, 0.15) is 10.6 Å². The molecule has 0 aliphatic carbocycles. The Morgan fingerprint density at radius 3 is 2.56 bits per heavy atom. The van der Waals surface area contributed by atoms with Crippen molar-refractivity contribution >= 4 is 48.9 Å². The number of nitrogens with one attached hydrogen (secondary N) is 1. The Balaban J connectivity index is 1.98. The van der Waals surface area contributed by atoms with Crippen LogP contribution in [-0.2, 0) is 16.2 Å². The van der Waals surface area contributed by atoms with Gasteiger partial charge in [-0.2, -0.15) is 13.2 Å². The zero-order valence-electron chi connectivity index (χ0n) is 12.6. The van der Waals surface area contributed by atoms with Gasteiger partial charge in [-0.05, 0) is 43.3 Å². The molecule has 3 rings (SSSR count). The summed E-state index contributed by atoms with van der Waals surface area (Å²) in [4.78, 5) is 3.72. The van der Waals surface area contributed by atoms with Crippen LogP contribution in [0.4, 0.5) is 18.9 Å². The van der Waals surface area contributed by atoms with Gasteiger partial charge in [0.1, 0.15) is 0 Å². The summed E-state index contributed by atoms with van der Waals surface area (Å²) in [7, 11) is -4.21. The van der Waals surface area contributed by atoms with Crippen molar-refractivity contribution in [2.24, 2.45) is 0 Å². The number of thiazole rings is 1. The summed E-state index contributed by atoms with van der Waals surface area (Å²) >= 11 is 6.97. The highest BCUT2D eigenvalue weighted by atomic mass is 35.5. The van der Waals surface area contributed by atoms with Crippen LogP contribution in [-0.4, -0.2) is 13.4 Å². The van der Waals surface area contributed by atoms with Gasteiger partial charge in [0.25, 0.3) is 10.0 Å². The first-order chi connectivity index (χ1) is 11.6. The lowest BCUT2D eigenvalue weighted by Gasteiger charge is -2.12. The molecule has 0 radical (unpaired) electrons. The average molecular weight is 407 g/mol. The van der Waals surface area contributed by atoms with Gasteiger partial charge in [0.2, 0.25) is 0 Å². The second-order valence-corrected chi connectivity index (χ2v) is 8.48. The van der Waals surface area contributed by atoms with E-state index in [0.717, 1.165) is 21.8 Å². The van der Waals surface area contributed by atoms with Crippen molar-refractivity contribution in [1.82, 2.24) is 4.98 Å². The van der Waals surface area contributed by atoms with Crippen molar-refractivity contribution in [3.63, 3.8) is 0 Å². The van der Waals surface area contributed by atoms with Crippen LogP contribution in [0.5, 0.6) is 0 Å². The lowest BCUT2D eigenvalue weighted by Crippen LogP contribution is -2.15. The van der Waals surface area contributed by atoms with Crippen molar-refractivity contribution in [2.45, 2.75) is 18.0 Å². The number of benzene rings is 2. The minimum absolute atomic E-state index is 0.210. The van der Waals surface area contributed by atoms with Crippen LogP contribution in [0.25, 0.3) is 10.2 Å². The van der Waals surface area contributed by atoms with E-state index < -0.39 is 31.7 Å². The molecular weight excluding hydrogens is 397 g/mol. The number of aryl methyl sites for hydroxylation is 1. The van der Waals surface area contributed by atoms with Gasteiger partial charge in [0.05, 0.1) is 36.4 Å². The van der Waals surface area contributed by atoms with E-state index in [0.29, 0.717) is 11.6 Å². The Bertz CT molecular complexity index is 1060. The number of halogens is 4. The summed E-state index contributed by atoms with van der Waals surface area (Å²) in [6.45, 7) is 1.82. The summed E-state index contributed by atoms with van der Waals surface area (Å²) in [5.74, 6) is 0. The van der Waals surface area contributed by atoms with E-state index in [9.17, 15) is 21.6 Å². The Hall–Kier alpha value is -1.84. The minimum Gasteiger partial charge on any atom is -0.280 e. The fraction of sp³-hybridized carbons (Fsp3) is 0.133. The maximum absolute atomic E-state index is 12.9. The molecule has 0 saturated carbocycles. The smallest absolute Gasteiger partial charge is 0.280 e. The number of hydrogen-bond acceptors (Lipinski definition) is 4. The van der Waals surface area contributed by atoms with Gasteiger partial charge in [-0.3, -0.25) is 4.72 Å². The maximum atomic E-state index is 12.9. The molecule has 0 fully saturated rings. The molecule has 0 saturated heterocycles. The summed E-state index contributed by atoms with van der Waals surface area (Å²) in [5.41, 5.74) is -0.390. The third kappa shape index (κ3) is 3.73. The molecule has 2 aromatic carbocycles. The fourth-order valence-electron chi connectivity index (χ4n) is 2.21. The summed E-state index contributed by atoms with van der Waals surface area (Å²) < 4.78 is 66.7. The predicted octanol–water partition coefficient (Wildman–Crippen LogP) is 5.08. The molecule has 1 aromatic heterocycles. The number of fused-ring (bicyclic) bond motifs is 1. The normalized spacial score (nSPS) is 12.5. The first-order valence-electron chi connectivity index (χ1n) is 6.83. The molecule has 1 heterocycles. The van der Waals surface area contributed by atoms with Gasteiger partial charge in [-0.1, -0.05) is 11.6 Å². The fourth-order valence-corrected chi connectivity index (χ4v) is 4.32. The van der Waals surface area contributed by atoms with E-state index >= 15 is 0 Å². The van der Waals surface area contributed by atoms with Crippen molar-refractivity contribution in [3.8, 4) is 0 Å². The van der Waals surface area contributed by atoms with Crippen LogP contribution in [0, 0.1) is 6.92 Å². The minimum atomic E-state index is -4.75. The van der Waals surface area contributed by atoms with Crippen LogP contribution in [0.3, 0.4) is 0 Å². The van der Waals surface area contributed by atoms with E-state index in [2.05, 4.69) is 9.71 Å². The van der Waals surface area contributed by atoms with E-state index in [4.69, 9.17) is 11.6 Å². The zero-order chi connectivity index (χ0) is 18.4. The molecule has 1 N–H and O–H groups in total. The number of aromatic nitrogens is 1. The second kappa shape index (κ2) is 6.15. The molecule has 0 atom stereocenters. The van der Waals surface area contributed by atoms with Crippen LogP contribution < -0.4 is 4.72 Å². The molecule has 25 heavy (non-hydrogen) atoms. The zero-order valence-corrected chi connectivity index (χ0v) is 14.9. The highest BCUT2D eigenvalue weighted by Crippen LogP contribution is 2.36. The standard InChI is InChI=1S/C15H10ClF3N2O2S2/c1-8-20-13-6-9(2-5-14(13)24-8)21-25(22,23)10-3-4-12(16)11(7-10)15(17,18)19/h2-7,21H,1H3. The number of sulfonamides is 1. The third-order valence-electron chi connectivity index (χ3n) is 3.30. The topological polar surface area (TPSA) is 59.1 Å². The Kier molecular flexibility index (Phi) is 4.42. The van der Waals surface area contributed by atoms with Crippen molar-refractivity contribution < 1.29 is 21.6 Å². The molecule has 132 valence electrons. The predicted molar refractivity (Wildman–Crippen MR) is 91.6 cm³/mol. The molecule has 4 nitrogen and oxygen atoms in total. The molecular formula is C15H10ClF3N2O2S2. The van der Waals surface area contributed by atoms with Gasteiger partial charge in [-0.15, -0.1) is 11.3 Å². The van der Waals surface area contributed by atoms with Crippen molar-refractivity contribution in [3.05, 3.63) is 52.0 Å². The highest BCUT2D eigenvalue weighted by Gasteiger charge is 2.34. The molecule has 0 amide bonds. The van der Waals surface area contributed by atoms with E-state index in [1.807, 2.05) is 6.92 Å². The molecule has 0 aliphatic heterocycles. The average Bonchev–Trinajstić information content (AvgIpc) is 2.85. The molecule has 0 aliphatic rings. The number of rotatable bonds is 3. The second-order valence-electron chi connectivity index (χ2n) is 5.16. The Labute approximate surface area is 150 Å². The van der Waals surface area contributed by atoms with Gasteiger partial charge in [-0.25, -0.2) is 13.4 Å². The lowest BCUT2D eigenvalue weighted by molar-refractivity contribution is -0.137. The van der Waals surface area contributed by atoms with E-state index in [1.165, 1.54) is 23.5 Å². The van der Waals surface area contributed by atoms with Gasteiger partial charge < -0.3 is 0 Å². The van der Waals surface area contributed by atoms with Gasteiger partial charge in [0, 0.05) is 0 Å². The molecule has 10 heteroatoms. The lowest BCUT2D eigenvalue weighted by atomic mass is 10.2. The Morgan fingerprint density at radius 1 is 1.16 bits per heavy atom. The molecule has 0 unspecified atom stereocenters. The summed E-state index contributed by atoms with van der Waals surface area (Å²) in [5, 5.41) is 0.258. The summed E-state index contributed by atoms with van der Waals surface area (Å²) in [6.07, 6.45) is -4.75. The van der Waals surface area contributed by atoms with E-state index in [1.54, 1.807) is 6.07 Å². The summed E-state index contributed by atoms with van der Waals surface area (Å²) in [6, 6.07) is 7.18. The van der Waals surface area contributed by atoms with E-state index in [-0.39, 0.29) is 5.69 Å². The largest absolute Gasteiger partial charge is 0.417 e. The highest BCUT2D eigenvalue weighted by molar-refractivity contribution is 7.92. The Morgan fingerprint density at radius 2 is 1.88 bits per heavy atom. The van der Waals surface area contributed by atoms with Gasteiger partial charge >= 0.3 is 6.18 Å². The SMILES string of the molecule is Cc1nc2cc(NS(=O)(=O)c3ccc(Cl)c(C(F)(F)F)c3)ccc2s1. The third-order valence-corrected chi connectivity index (χ3v) is 5.96. The maximum Gasteiger partial charge on any atom is 0.417 e. The quantitative estimate of drug-likeness (QED) is 0.660. The van der Waals surface area contributed by atoms with Gasteiger partial charge in [0.15, 0.2) is 0 Å². The monoisotopic (exact) mass is 406 g/mol. The first kappa shape index (κ1) is 18.0. The van der Waals surface area contributed by atoms with Crippen molar-refractivity contribution in [1.29, 1.82) is 0 Å². The van der Waals surface area contributed by atoms with Crippen LogP contribution in [0.2, 0.25) is 5.02 Å². The molecule has 3 aromatic rings. The first-order valence-corrected chi connectivity index (χ1v) is 9.51. The number of hydrogen-bond donors (Lipinski definition) is 1. The van der Waals surface area contributed by atoms with Crippen LogP contribution in [0.15, 0.2) is 41.3 Å².